The van der Waals surface area contributed by atoms with E-state index in [4.69, 9.17) is 17.3 Å². The molecular weight excluding hydrogens is 286 g/mol. The minimum atomic E-state index is -0.486. The Balaban J connectivity index is 2.44. The molecule has 0 atom stereocenters. The van der Waals surface area contributed by atoms with Crippen LogP contribution in [0.1, 0.15) is 13.3 Å². The summed E-state index contributed by atoms with van der Waals surface area (Å²) in [5.41, 5.74) is 6.27. The lowest BCUT2D eigenvalue weighted by Gasteiger charge is -2.08. The van der Waals surface area contributed by atoms with Crippen LogP contribution in [0, 0.1) is 0 Å². The maximum atomic E-state index is 11.5. The van der Waals surface area contributed by atoms with Crippen molar-refractivity contribution in [3.8, 4) is 0 Å². The Hall–Kier alpha value is -1.40. The number of hydrogen-bond donors (Lipinski definition) is 3. The van der Waals surface area contributed by atoms with Gasteiger partial charge in [-0.25, -0.2) is 4.79 Å². The van der Waals surface area contributed by atoms with Crippen molar-refractivity contribution >= 4 is 41.0 Å². The third-order valence-electron chi connectivity index (χ3n) is 2.13. The van der Waals surface area contributed by atoms with Crippen LogP contribution in [-0.4, -0.2) is 24.2 Å². The van der Waals surface area contributed by atoms with Crippen molar-refractivity contribution in [2.75, 3.05) is 18.0 Å². The molecule has 1 aromatic rings. The lowest BCUT2D eigenvalue weighted by atomic mass is 10.3. The molecule has 0 unspecified atom stereocenters. The molecule has 0 radical (unpaired) electrons. The molecule has 0 aliphatic carbocycles. The monoisotopic (exact) mass is 301 g/mol. The molecule has 19 heavy (non-hydrogen) atoms. The van der Waals surface area contributed by atoms with E-state index in [-0.39, 0.29) is 5.75 Å². The van der Waals surface area contributed by atoms with Crippen molar-refractivity contribution in [3.63, 3.8) is 0 Å². The Morgan fingerprint density at radius 3 is 2.79 bits per heavy atom. The largest absolute Gasteiger partial charge is 0.398 e. The highest BCUT2D eigenvalue weighted by Gasteiger charge is 2.10. The summed E-state index contributed by atoms with van der Waals surface area (Å²) in [6.07, 6.45) is 0.812. The van der Waals surface area contributed by atoms with Crippen molar-refractivity contribution in [1.82, 2.24) is 10.6 Å². The van der Waals surface area contributed by atoms with Crippen LogP contribution in [-0.2, 0) is 4.79 Å². The first-order valence-electron chi connectivity index (χ1n) is 5.79. The number of nitrogen functional groups attached to an aromatic ring is 1. The highest BCUT2D eigenvalue weighted by molar-refractivity contribution is 8.00. The van der Waals surface area contributed by atoms with Crippen molar-refractivity contribution in [2.24, 2.45) is 0 Å². The normalized spacial score (nSPS) is 10.0. The Morgan fingerprint density at radius 2 is 2.16 bits per heavy atom. The summed E-state index contributed by atoms with van der Waals surface area (Å²) in [6.45, 7) is 2.46. The third-order valence-corrected chi connectivity index (χ3v) is 3.71. The van der Waals surface area contributed by atoms with Crippen LogP contribution >= 0.6 is 23.4 Å². The van der Waals surface area contributed by atoms with Gasteiger partial charge in [0, 0.05) is 17.1 Å². The first-order valence-corrected chi connectivity index (χ1v) is 7.15. The minimum absolute atomic E-state index is 0.0769. The molecule has 0 spiro atoms. The highest BCUT2D eigenvalue weighted by Crippen LogP contribution is 2.32. The number of halogens is 1. The summed E-state index contributed by atoms with van der Waals surface area (Å²) in [7, 11) is 0. The van der Waals surface area contributed by atoms with Crippen LogP contribution in [0.5, 0.6) is 0 Å². The molecule has 0 heterocycles. The number of rotatable bonds is 5. The predicted octanol–water partition coefficient (Wildman–Crippen LogP) is 2.25. The fraction of sp³-hybridized carbons (Fsp3) is 0.333. The number of carbonyl (C=O) groups excluding carboxylic acids is 2. The van der Waals surface area contributed by atoms with Gasteiger partial charge in [0.05, 0.1) is 10.8 Å². The second kappa shape index (κ2) is 7.91. The van der Waals surface area contributed by atoms with Gasteiger partial charge >= 0.3 is 6.03 Å². The molecule has 0 saturated carbocycles. The van der Waals surface area contributed by atoms with E-state index in [0.29, 0.717) is 22.2 Å². The number of nitrogens with one attached hydrogen (secondary N) is 2. The van der Waals surface area contributed by atoms with Crippen LogP contribution < -0.4 is 16.4 Å². The molecule has 5 nitrogen and oxygen atoms in total. The molecule has 0 aliphatic rings. The molecule has 1 rings (SSSR count). The first-order chi connectivity index (χ1) is 9.04. The summed E-state index contributed by atoms with van der Waals surface area (Å²) in [6, 6.07) is 4.66. The second-order valence-electron chi connectivity index (χ2n) is 3.75. The Labute approximate surface area is 121 Å². The van der Waals surface area contributed by atoms with Gasteiger partial charge in [-0.05, 0) is 18.6 Å². The molecule has 0 saturated heterocycles. The van der Waals surface area contributed by atoms with Crippen LogP contribution in [0.15, 0.2) is 23.1 Å². The summed E-state index contributed by atoms with van der Waals surface area (Å²) in [4.78, 5) is 23.4. The molecule has 1 aromatic carbocycles. The number of imide groups is 1. The van der Waals surface area contributed by atoms with Gasteiger partial charge in [-0.15, -0.1) is 11.8 Å². The lowest BCUT2D eigenvalue weighted by Crippen LogP contribution is -2.40. The molecule has 104 valence electrons. The standard InChI is InChI=1S/C12H16ClN3O2S/c1-2-6-15-12(18)16-10(17)7-19-11-8(13)4-3-5-9(11)14/h3-5H,2,6-7,14H2,1H3,(H2,15,16,17,18). The van der Waals surface area contributed by atoms with E-state index >= 15 is 0 Å². The van der Waals surface area contributed by atoms with Crippen LogP contribution in [0.25, 0.3) is 0 Å². The van der Waals surface area contributed by atoms with Crippen molar-refractivity contribution in [2.45, 2.75) is 18.2 Å². The smallest absolute Gasteiger partial charge is 0.321 e. The van der Waals surface area contributed by atoms with Gasteiger partial charge in [0.25, 0.3) is 0 Å². The van der Waals surface area contributed by atoms with E-state index in [2.05, 4.69) is 10.6 Å². The van der Waals surface area contributed by atoms with E-state index in [1.807, 2.05) is 6.92 Å². The van der Waals surface area contributed by atoms with E-state index < -0.39 is 11.9 Å². The zero-order valence-electron chi connectivity index (χ0n) is 10.5. The fourth-order valence-electron chi connectivity index (χ4n) is 1.26. The van der Waals surface area contributed by atoms with Crippen LogP contribution in [0.4, 0.5) is 10.5 Å². The van der Waals surface area contributed by atoms with Crippen molar-refractivity contribution in [3.05, 3.63) is 23.2 Å². The molecule has 7 heteroatoms. The molecule has 0 aromatic heterocycles. The summed E-state index contributed by atoms with van der Waals surface area (Å²) < 4.78 is 0. The quantitative estimate of drug-likeness (QED) is 0.575. The summed E-state index contributed by atoms with van der Waals surface area (Å²) in [5, 5.41) is 5.28. The van der Waals surface area contributed by atoms with E-state index in [0.717, 1.165) is 6.42 Å². The Morgan fingerprint density at radius 1 is 1.42 bits per heavy atom. The summed E-state index contributed by atoms with van der Waals surface area (Å²) in [5.74, 6) is -0.314. The number of hydrogen-bond acceptors (Lipinski definition) is 4. The maximum absolute atomic E-state index is 11.5. The van der Waals surface area contributed by atoms with Gasteiger partial charge in [0.2, 0.25) is 5.91 Å². The van der Waals surface area contributed by atoms with Gasteiger partial charge in [-0.1, -0.05) is 24.6 Å². The topological polar surface area (TPSA) is 84.2 Å². The molecule has 4 N–H and O–H groups in total. The SMILES string of the molecule is CCCNC(=O)NC(=O)CSc1c(N)cccc1Cl. The van der Waals surface area contributed by atoms with Crippen molar-refractivity contribution in [1.29, 1.82) is 0 Å². The molecule has 0 fully saturated rings. The average molecular weight is 302 g/mol. The average Bonchev–Trinajstić information content (AvgIpc) is 2.35. The zero-order valence-corrected chi connectivity index (χ0v) is 12.1. The fourth-order valence-corrected chi connectivity index (χ4v) is 2.39. The number of nitrogens with two attached hydrogens (primary N) is 1. The molecule has 0 bridgehead atoms. The molecule has 0 aliphatic heterocycles. The number of amides is 3. The van der Waals surface area contributed by atoms with E-state index in [1.165, 1.54) is 11.8 Å². The Bertz CT molecular complexity index is 448. The van der Waals surface area contributed by atoms with Gasteiger partial charge in [0.15, 0.2) is 0 Å². The van der Waals surface area contributed by atoms with Crippen molar-refractivity contribution < 1.29 is 9.59 Å². The van der Waals surface area contributed by atoms with Gasteiger partial charge < -0.3 is 11.1 Å². The Kier molecular flexibility index (Phi) is 6.52. The van der Waals surface area contributed by atoms with Gasteiger partial charge in [0.1, 0.15) is 0 Å². The van der Waals surface area contributed by atoms with E-state index in [9.17, 15) is 9.59 Å². The number of anilines is 1. The third kappa shape index (κ3) is 5.40. The number of carbonyl (C=O) groups is 2. The van der Waals surface area contributed by atoms with Crippen LogP contribution in [0.3, 0.4) is 0 Å². The summed E-state index contributed by atoms with van der Waals surface area (Å²) >= 11 is 7.17. The zero-order chi connectivity index (χ0) is 14.3. The maximum Gasteiger partial charge on any atom is 0.321 e. The number of urea groups is 1. The lowest BCUT2D eigenvalue weighted by molar-refractivity contribution is -0.117. The number of thioether (sulfide) groups is 1. The molecular formula is C12H16ClN3O2S. The van der Waals surface area contributed by atoms with Gasteiger partial charge in [-0.3, -0.25) is 10.1 Å². The molecule has 3 amide bonds. The highest BCUT2D eigenvalue weighted by atomic mass is 35.5. The predicted molar refractivity (Wildman–Crippen MR) is 78.4 cm³/mol. The van der Waals surface area contributed by atoms with Gasteiger partial charge in [-0.2, -0.15) is 0 Å². The second-order valence-corrected chi connectivity index (χ2v) is 5.14. The van der Waals surface area contributed by atoms with E-state index in [1.54, 1.807) is 18.2 Å². The first kappa shape index (κ1) is 15.7. The van der Waals surface area contributed by atoms with Crippen LogP contribution in [0.2, 0.25) is 5.02 Å². The minimum Gasteiger partial charge on any atom is -0.398 e. The number of benzene rings is 1.